The van der Waals surface area contributed by atoms with Crippen LogP contribution in [0.15, 0.2) is 18.2 Å². The molecule has 0 aliphatic carbocycles. The first-order valence-corrected chi connectivity index (χ1v) is 4.81. The van der Waals surface area contributed by atoms with Gasteiger partial charge in [-0.05, 0) is 23.6 Å². The van der Waals surface area contributed by atoms with Gasteiger partial charge in [-0.2, -0.15) is 0 Å². The first kappa shape index (κ1) is 10.1. The van der Waals surface area contributed by atoms with Gasteiger partial charge in [-0.15, -0.1) is 0 Å². The third kappa shape index (κ3) is 2.46. The molecule has 0 aliphatic heterocycles. The van der Waals surface area contributed by atoms with Crippen LogP contribution in [0.1, 0.15) is 24.5 Å². The second-order valence-corrected chi connectivity index (χ2v) is 3.20. The third-order valence-electron chi connectivity index (χ3n) is 2.20. The van der Waals surface area contributed by atoms with Gasteiger partial charge in [0.25, 0.3) is 0 Å². The van der Waals surface area contributed by atoms with Crippen molar-refractivity contribution in [2.24, 2.45) is 5.73 Å². The molecule has 1 aromatic rings. The maximum absolute atomic E-state index is 5.65. The van der Waals surface area contributed by atoms with Gasteiger partial charge in [0.05, 0.1) is 0 Å². The summed E-state index contributed by atoms with van der Waals surface area (Å²) in [7, 11) is 1.92. The minimum atomic E-state index is 0.605. The predicted molar refractivity (Wildman–Crippen MR) is 57.9 cm³/mol. The van der Waals surface area contributed by atoms with Crippen molar-refractivity contribution >= 4 is 5.69 Å². The molecule has 3 N–H and O–H groups in total. The van der Waals surface area contributed by atoms with E-state index in [1.165, 1.54) is 17.5 Å². The van der Waals surface area contributed by atoms with Crippen molar-refractivity contribution in [3.05, 3.63) is 29.3 Å². The molecule has 0 saturated heterocycles. The van der Waals surface area contributed by atoms with Crippen LogP contribution in [0.3, 0.4) is 0 Å². The van der Waals surface area contributed by atoms with E-state index in [0.29, 0.717) is 6.54 Å². The normalized spacial score (nSPS) is 10.1. The second kappa shape index (κ2) is 4.87. The van der Waals surface area contributed by atoms with Gasteiger partial charge in [0.15, 0.2) is 0 Å². The molecule has 0 aromatic heterocycles. The van der Waals surface area contributed by atoms with Gasteiger partial charge in [0, 0.05) is 19.3 Å². The van der Waals surface area contributed by atoms with E-state index in [1.807, 2.05) is 7.05 Å². The Balaban J connectivity index is 2.91. The third-order valence-corrected chi connectivity index (χ3v) is 2.20. The van der Waals surface area contributed by atoms with Gasteiger partial charge >= 0.3 is 0 Å². The molecule has 0 fully saturated rings. The highest BCUT2D eigenvalue weighted by atomic mass is 14.8. The Morgan fingerprint density at radius 1 is 1.38 bits per heavy atom. The molecule has 1 rings (SSSR count). The Labute approximate surface area is 80.1 Å². The average Bonchev–Trinajstić information content (AvgIpc) is 2.18. The van der Waals surface area contributed by atoms with Gasteiger partial charge in [0.1, 0.15) is 0 Å². The number of hydrogen-bond donors (Lipinski definition) is 2. The molecule has 13 heavy (non-hydrogen) atoms. The molecular formula is C11H18N2. The Morgan fingerprint density at radius 2 is 2.15 bits per heavy atom. The SMILES string of the molecule is CCCc1ccc(NC)c(CN)c1. The molecule has 2 heteroatoms. The minimum Gasteiger partial charge on any atom is -0.388 e. The highest BCUT2D eigenvalue weighted by Crippen LogP contribution is 2.17. The summed E-state index contributed by atoms with van der Waals surface area (Å²) in [6.45, 7) is 2.79. The summed E-state index contributed by atoms with van der Waals surface area (Å²) in [6.07, 6.45) is 2.32. The van der Waals surface area contributed by atoms with E-state index in [4.69, 9.17) is 5.73 Å². The summed E-state index contributed by atoms with van der Waals surface area (Å²) < 4.78 is 0. The standard InChI is InChI=1S/C11H18N2/c1-3-4-9-5-6-11(13-2)10(7-9)8-12/h5-7,13H,3-4,8,12H2,1-2H3. The van der Waals surface area contributed by atoms with E-state index in [-0.39, 0.29) is 0 Å². The van der Waals surface area contributed by atoms with Crippen LogP contribution in [0.2, 0.25) is 0 Å². The summed E-state index contributed by atoms with van der Waals surface area (Å²) in [5, 5.41) is 3.14. The van der Waals surface area contributed by atoms with E-state index in [1.54, 1.807) is 0 Å². The maximum atomic E-state index is 5.65. The van der Waals surface area contributed by atoms with Crippen LogP contribution in [0.25, 0.3) is 0 Å². The van der Waals surface area contributed by atoms with E-state index < -0.39 is 0 Å². The molecule has 0 bridgehead atoms. The molecule has 0 atom stereocenters. The summed E-state index contributed by atoms with van der Waals surface area (Å²) in [6, 6.07) is 6.46. The van der Waals surface area contributed by atoms with Gasteiger partial charge in [-0.25, -0.2) is 0 Å². The van der Waals surface area contributed by atoms with Crippen molar-refractivity contribution < 1.29 is 0 Å². The predicted octanol–water partition coefficient (Wildman–Crippen LogP) is 2.14. The Morgan fingerprint density at radius 3 is 2.69 bits per heavy atom. The molecule has 0 radical (unpaired) electrons. The zero-order chi connectivity index (χ0) is 9.68. The Kier molecular flexibility index (Phi) is 3.77. The van der Waals surface area contributed by atoms with Crippen LogP contribution < -0.4 is 11.1 Å². The van der Waals surface area contributed by atoms with Crippen molar-refractivity contribution in [1.82, 2.24) is 0 Å². The zero-order valence-electron chi connectivity index (χ0n) is 8.43. The molecule has 0 heterocycles. The first-order chi connectivity index (χ1) is 6.31. The lowest BCUT2D eigenvalue weighted by molar-refractivity contribution is 0.916. The van der Waals surface area contributed by atoms with E-state index >= 15 is 0 Å². The van der Waals surface area contributed by atoms with E-state index in [0.717, 1.165) is 12.1 Å². The van der Waals surface area contributed by atoms with Gasteiger partial charge in [-0.3, -0.25) is 0 Å². The number of rotatable bonds is 4. The van der Waals surface area contributed by atoms with Gasteiger partial charge in [-0.1, -0.05) is 25.5 Å². The molecule has 0 spiro atoms. The van der Waals surface area contributed by atoms with Crippen LogP contribution in [-0.2, 0) is 13.0 Å². The van der Waals surface area contributed by atoms with Crippen LogP contribution in [0.4, 0.5) is 5.69 Å². The largest absolute Gasteiger partial charge is 0.388 e. The number of aryl methyl sites for hydroxylation is 1. The van der Waals surface area contributed by atoms with Gasteiger partial charge < -0.3 is 11.1 Å². The highest BCUT2D eigenvalue weighted by Gasteiger charge is 1.99. The lowest BCUT2D eigenvalue weighted by atomic mass is 10.1. The molecule has 0 unspecified atom stereocenters. The second-order valence-electron chi connectivity index (χ2n) is 3.20. The molecule has 1 aromatic carbocycles. The van der Waals surface area contributed by atoms with Crippen molar-refractivity contribution in [1.29, 1.82) is 0 Å². The molecule has 0 saturated carbocycles. The number of anilines is 1. The number of nitrogens with one attached hydrogen (secondary N) is 1. The fourth-order valence-corrected chi connectivity index (χ4v) is 1.50. The van der Waals surface area contributed by atoms with E-state index in [2.05, 4.69) is 30.4 Å². The van der Waals surface area contributed by atoms with Crippen molar-refractivity contribution in [2.75, 3.05) is 12.4 Å². The number of nitrogens with two attached hydrogens (primary N) is 1. The topological polar surface area (TPSA) is 38.0 Å². The molecule has 2 nitrogen and oxygen atoms in total. The lowest BCUT2D eigenvalue weighted by Crippen LogP contribution is -2.02. The summed E-state index contributed by atoms with van der Waals surface area (Å²) in [4.78, 5) is 0. The maximum Gasteiger partial charge on any atom is 0.0383 e. The zero-order valence-corrected chi connectivity index (χ0v) is 8.43. The fraction of sp³-hybridized carbons (Fsp3) is 0.455. The van der Waals surface area contributed by atoms with Crippen molar-refractivity contribution in [3.8, 4) is 0 Å². The molecule has 0 amide bonds. The van der Waals surface area contributed by atoms with Crippen molar-refractivity contribution in [3.63, 3.8) is 0 Å². The van der Waals surface area contributed by atoms with E-state index in [9.17, 15) is 0 Å². The highest BCUT2D eigenvalue weighted by molar-refractivity contribution is 5.52. The quantitative estimate of drug-likeness (QED) is 0.741. The van der Waals surface area contributed by atoms with Crippen LogP contribution in [0, 0.1) is 0 Å². The van der Waals surface area contributed by atoms with Crippen molar-refractivity contribution in [2.45, 2.75) is 26.3 Å². The van der Waals surface area contributed by atoms with Crippen LogP contribution in [0.5, 0.6) is 0 Å². The monoisotopic (exact) mass is 178 g/mol. The smallest absolute Gasteiger partial charge is 0.0383 e. The molecular weight excluding hydrogens is 160 g/mol. The van der Waals surface area contributed by atoms with Crippen LogP contribution >= 0.6 is 0 Å². The minimum absolute atomic E-state index is 0.605. The number of benzene rings is 1. The fourth-order valence-electron chi connectivity index (χ4n) is 1.50. The Hall–Kier alpha value is -1.02. The summed E-state index contributed by atoms with van der Waals surface area (Å²) in [5.74, 6) is 0. The Bertz CT molecular complexity index is 269. The van der Waals surface area contributed by atoms with Gasteiger partial charge in [0.2, 0.25) is 0 Å². The lowest BCUT2D eigenvalue weighted by Gasteiger charge is -2.09. The van der Waals surface area contributed by atoms with Crippen LogP contribution in [-0.4, -0.2) is 7.05 Å². The first-order valence-electron chi connectivity index (χ1n) is 4.81. The summed E-state index contributed by atoms with van der Waals surface area (Å²) >= 11 is 0. The molecule has 0 aliphatic rings. The average molecular weight is 178 g/mol. The summed E-state index contributed by atoms with van der Waals surface area (Å²) in [5.41, 5.74) is 9.37. The number of hydrogen-bond acceptors (Lipinski definition) is 2. The molecule has 72 valence electrons.